The van der Waals surface area contributed by atoms with Crippen LogP contribution >= 0.6 is 0 Å². The minimum absolute atomic E-state index is 0.0984. The summed E-state index contributed by atoms with van der Waals surface area (Å²) in [6.07, 6.45) is 0. The molecule has 2 saturated heterocycles. The van der Waals surface area contributed by atoms with Gasteiger partial charge in [-0.25, -0.2) is 8.42 Å². The molecular formula is C9H18N2O2S. The van der Waals surface area contributed by atoms with Crippen molar-refractivity contribution in [2.75, 3.05) is 31.1 Å². The standard InChI is InChI=1S/C9H18N2O2S/c1-2-11-3-7-5-14(12,13)6-8(4-11)9(7)10/h7-9H,2-6,10H2,1H3. The molecule has 5 heteroatoms. The van der Waals surface area contributed by atoms with E-state index in [-0.39, 0.29) is 17.9 Å². The molecule has 2 N–H and O–H groups in total. The molecule has 0 aromatic rings. The van der Waals surface area contributed by atoms with Gasteiger partial charge in [-0.15, -0.1) is 0 Å². The molecule has 4 nitrogen and oxygen atoms in total. The minimum atomic E-state index is -2.81. The van der Waals surface area contributed by atoms with E-state index in [4.69, 9.17) is 5.73 Å². The summed E-state index contributed by atoms with van der Waals surface area (Å²) in [4.78, 5) is 2.31. The zero-order chi connectivity index (χ0) is 10.3. The Labute approximate surface area is 85.4 Å². The van der Waals surface area contributed by atoms with Crippen molar-refractivity contribution in [3.63, 3.8) is 0 Å². The molecule has 2 rings (SSSR count). The van der Waals surface area contributed by atoms with Crippen molar-refractivity contribution in [1.29, 1.82) is 0 Å². The third-order valence-electron chi connectivity index (χ3n) is 3.46. The van der Waals surface area contributed by atoms with Crippen LogP contribution in [0.15, 0.2) is 0 Å². The highest BCUT2D eigenvalue weighted by Gasteiger charge is 2.42. The largest absolute Gasteiger partial charge is 0.327 e. The van der Waals surface area contributed by atoms with Gasteiger partial charge < -0.3 is 10.6 Å². The fraction of sp³-hybridized carbons (Fsp3) is 1.00. The van der Waals surface area contributed by atoms with E-state index in [1.807, 2.05) is 0 Å². The minimum Gasteiger partial charge on any atom is -0.327 e. The number of likely N-dealkylation sites (tertiary alicyclic amines) is 1. The van der Waals surface area contributed by atoms with Crippen LogP contribution in [0.5, 0.6) is 0 Å². The number of fused-ring (bicyclic) bond motifs is 2. The molecule has 14 heavy (non-hydrogen) atoms. The van der Waals surface area contributed by atoms with Crippen molar-refractivity contribution in [3.05, 3.63) is 0 Å². The van der Waals surface area contributed by atoms with E-state index in [2.05, 4.69) is 11.8 Å². The second-order valence-electron chi connectivity index (χ2n) is 4.53. The number of hydrogen-bond acceptors (Lipinski definition) is 4. The van der Waals surface area contributed by atoms with Crippen LogP contribution in [0.4, 0.5) is 0 Å². The highest BCUT2D eigenvalue weighted by Crippen LogP contribution is 2.28. The van der Waals surface area contributed by atoms with Crippen molar-refractivity contribution in [2.24, 2.45) is 17.6 Å². The van der Waals surface area contributed by atoms with Crippen LogP contribution in [0, 0.1) is 11.8 Å². The van der Waals surface area contributed by atoms with E-state index in [1.54, 1.807) is 0 Å². The Morgan fingerprint density at radius 1 is 1.29 bits per heavy atom. The molecule has 2 aliphatic heterocycles. The average Bonchev–Trinajstić information content (AvgIpc) is 2.07. The Morgan fingerprint density at radius 3 is 2.21 bits per heavy atom. The molecule has 0 aromatic carbocycles. The van der Waals surface area contributed by atoms with Crippen molar-refractivity contribution in [2.45, 2.75) is 13.0 Å². The molecule has 2 bridgehead atoms. The van der Waals surface area contributed by atoms with Crippen molar-refractivity contribution in [3.8, 4) is 0 Å². The third-order valence-corrected chi connectivity index (χ3v) is 5.33. The lowest BCUT2D eigenvalue weighted by atomic mass is 9.86. The van der Waals surface area contributed by atoms with Crippen molar-refractivity contribution in [1.82, 2.24) is 4.90 Å². The van der Waals surface area contributed by atoms with Gasteiger partial charge in [0.25, 0.3) is 0 Å². The summed E-state index contributed by atoms with van der Waals surface area (Å²) >= 11 is 0. The number of nitrogens with two attached hydrogens (primary N) is 1. The van der Waals surface area contributed by atoms with Gasteiger partial charge in [-0.1, -0.05) is 6.92 Å². The van der Waals surface area contributed by atoms with E-state index < -0.39 is 9.84 Å². The van der Waals surface area contributed by atoms with Crippen LogP contribution in [-0.2, 0) is 9.84 Å². The summed E-state index contributed by atoms with van der Waals surface area (Å²) < 4.78 is 23.1. The van der Waals surface area contributed by atoms with Gasteiger partial charge in [-0.2, -0.15) is 0 Å². The molecule has 2 aliphatic rings. The van der Waals surface area contributed by atoms with Crippen LogP contribution in [0.3, 0.4) is 0 Å². The molecule has 0 spiro atoms. The maximum Gasteiger partial charge on any atom is 0.151 e. The zero-order valence-corrected chi connectivity index (χ0v) is 9.33. The fourth-order valence-corrected chi connectivity index (χ4v) is 4.77. The molecular weight excluding hydrogens is 200 g/mol. The monoisotopic (exact) mass is 218 g/mol. The quantitative estimate of drug-likeness (QED) is 0.633. The Morgan fingerprint density at radius 2 is 1.79 bits per heavy atom. The van der Waals surface area contributed by atoms with Gasteiger partial charge in [-0.05, 0) is 6.54 Å². The van der Waals surface area contributed by atoms with Gasteiger partial charge in [0, 0.05) is 31.0 Å². The smallest absolute Gasteiger partial charge is 0.151 e. The summed E-state index contributed by atoms with van der Waals surface area (Å²) in [5.41, 5.74) is 6.03. The second-order valence-corrected chi connectivity index (χ2v) is 6.68. The molecule has 2 heterocycles. The van der Waals surface area contributed by atoms with Gasteiger partial charge in [0.15, 0.2) is 9.84 Å². The molecule has 0 aromatic heterocycles. The lowest BCUT2D eigenvalue weighted by Crippen LogP contribution is -2.60. The lowest BCUT2D eigenvalue weighted by molar-refractivity contribution is 0.120. The molecule has 2 fully saturated rings. The predicted octanol–water partition coefficient (Wildman–Crippen LogP) is -0.690. The summed E-state index contributed by atoms with van der Waals surface area (Å²) in [5.74, 6) is 0.905. The second kappa shape index (κ2) is 3.47. The number of hydrogen-bond donors (Lipinski definition) is 1. The molecule has 0 saturated carbocycles. The first kappa shape index (κ1) is 10.4. The number of piperidine rings is 1. The van der Waals surface area contributed by atoms with Crippen LogP contribution in [0.1, 0.15) is 6.92 Å². The highest BCUT2D eigenvalue weighted by molar-refractivity contribution is 7.91. The first-order valence-corrected chi connectivity index (χ1v) is 7.02. The van der Waals surface area contributed by atoms with E-state index in [1.165, 1.54) is 0 Å². The number of sulfone groups is 1. The Kier molecular flexibility index (Phi) is 2.57. The van der Waals surface area contributed by atoms with Gasteiger partial charge in [0.2, 0.25) is 0 Å². The summed E-state index contributed by atoms with van der Waals surface area (Å²) in [5, 5.41) is 0. The number of nitrogens with zero attached hydrogens (tertiary/aromatic N) is 1. The fourth-order valence-electron chi connectivity index (χ4n) is 2.67. The van der Waals surface area contributed by atoms with E-state index in [0.717, 1.165) is 19.6 Å². The van der Waals surface area contributed by atoms with E-state index in [0.29, 0.717) is 11.5 Å². The van der Waals surface area contributed by atoms with Gasteiger partial charge >= 0.3 is 0 Å². The van der Waals surface area contributed by atoms with Crippen molar-refractivity contribution >= 4 is 9.84 Å². The Hall–Kier alpha value is -0.130. The normalized spacial score (nSPS) is 42.3. The number of rotatable bonds is 1. The van der Waals surface area contributed by atoms with Gasteiger partial charge in [0.1, 0.15) is 0 Å². The zero-order valence-electron chi connectivity index (χ0n) is 8.52. The summed E-state index contributed by atoms with van der Waals surface area (Å²) in [6.45, 7) is 4.82. The Balaban J connectivity index is 2.18. The SMILES string of the molecule is CCN1CC2CS(=O)(=O)CC(C1)C2N. The molecule has 0 aliphatic carbocycles. The lowest BCUT2D eigenvalue weighted by Gasteiger charge is -2.45. The van der Waals surface area contributed by atoms with Gasteiger partial charge in [0.05, 0.1) is 11.5 Å². The van der Waals surface area contributed by atoms with Crippen molar-refractivity contribution < 1.29 is 8.42 Å². The summed E-state index contributed by atoms with van der Waals surface area (Å²) in [7, 11) is -2.81. The van der Waals surface area contributed by atoms with Crippen LogP contribution in [0.2, 0.25) is 0 Å². The Bertz CT molecular complexity index is 293. The average molecular weight is 218 g/mol. The molecule has 0 amide bonds. The molecule has 0 radical (unpaired) electrons. The van der Waals surface area contributed by atoms with Crippen LogP contribution < -0.4 is 5.73 Å². The third kappa shape index (κ3) is 1.81. The van der Waals surface area contributed by atoms with E-state index in [9.17, 15) is 8.42 Å². The molecule has 2 atom stereocenters. The molecule has 82 valence electrons. The maximum absolute atomic E-state index is 11.5. The van der Waals surface area contributed by atoms with Crippen LogP contribution in [0.25, 0.3) is 0 Å². The van der Waals surface area contributed by atoms with Gasteiger partial charge in [-0.3, -0.25) is 0 Å². The predicted molar refractivity (Wildman–Crippen MR) is 55.7 cm³/mol. The highest BCUT2D eigenvalue weighted by atomic mass is 32.2. The van der Waals surface area contributed by atoms with Crippen LogP contribution in [-0.4, -0.2) is 50.5 Å². The van der Waals surface area contributed by atoms with E-state index >= 15 is 0 Å². The molecule has 2 unspecified atom stereocenters. The summed E-state index contributed by atoms with van der Waals surface area (Å²) in [6, 6.07) is 0.0984. The maximum atomic E-state index is 11.5. The topological polar surface area (TPSA) is 63.4 Å². The first-order valence-electron chi connectivity index (χ1n) is 5.20. The first-order chi connectivity index (χ1) is 6.52.